The Morgan fingerprint density at radius 3 is 2.59 bits per heavy atom. The number of hydrogen-bond donors (Lipinski definition) is 2. The number of carbonyl (C=O) groups is 2. The van der Waals surface area contributed by atoms with E-state index >= 15 is 0 Å². The zero-order chi connectivity index (χ0) is 19.1. The van der Waals surface area contributed by atoms with Crippen LogP contribution in [-0.4, -0.2) is 31.8 Å². The molecule has 0 saturated heterocycles. The first kappa shape index (κ1) is 18.6. The molecule has 142 valence electrons. The standard InChI is InChI=1S/C20H22N2O5/c1-2-25-16-6-3-14(4-7-16)11-20(24)21-10-9-19(23)22-15-5-8-17-18(12-15)27-13-26-17/h3-8,12H,2,9-11,13H2,1H3,(H,21,24)(H,22,23). The van der Waals surface area contributed by atoms with Gasteiger partial charge in [-0.3, -0.25) is 9.59 Å². The second-order valence-corrected chi connectivity index (χ2v) is 5.97. The molecule has 0 aromatic heterocycles. The first-order valence-electron chi connectivity index (χ1n) is 8.82. The molecule has 0 unspecified atom stereocenters. The quantitative estimate of drug-likeness (QED) is 0.746. The van der Waals surface area contributed by atoms with Crippen molar-refractivity contribution in [2.75, 3.05) is 25.3 Å². The molecule has 7 nitrogen and oxygen atoms in total. The molecule has 0 spiro atoms. The highest BCUT2D eigenvalue weighted by atomic mass is 16.7. The highest BCUT2D eigenvalue weighted by molar-refractivity contribution is 5.91. The van der Waals surface area contributed by atoms with Crippen LogP contribution in [0.3, 0.4) is 0 Å². The average molecular weight is 370 g/mol. The second-order valence-electron chi connectivity index (χ2n) is 5.97. The molecule has 0 saturated carbocycles. The van der Waals surface area contributed by atoms with E-state index in [4.69, 9.17) is 14.2 Å². The van der Waals surface area contributed by atoms with Gasteiger partial charge < -0.3 is 24.8 Å². The molecular weight excluding hydrogens is 348 g/mol. The third kappa shape index (κ3) is 5.37. The van der Waals surface area contributed by atoms with Crippen LogP contribution in [0.2, 0.25) is 0 Å². The molecule has 3 rings (SSSR count). The van der Waals surface area contributed by atoms with E-state index in [-0.39, 0.29) is 38.0 Å². The van der Waals surface area contributed by atoms with Crippen molar-refractivity contribution in [1.29, 1.82) is 0 Å². The number of amides is 2. The lowest BCUT2D eigenvalue weighted by atomic mass is 10.1. The summed E-state index contributed by atoms with van der Waals surface area (Å²) in [4.78, 5) is 24.0. The maximum Gasteiger partial charge on any atom is 0.231 e. The van der Waals surface area contributed by atoms with Crippen LogP contribution in [0.25, 0.3) is 0 Å². The monoisotopic (exact) mass is 370 g/mol. The van der Waals surface area contributed by atoms with Crippen molar-refractivity contribution in [1.82, 2.24) is 5.32 Å². The SMILES string of the molecule is CCOc1ccc(CC(=O)NCCC(=O)Nc2ccc3c(c2)OCO3)cc1. The van der Waals surface area contributed by atoms with E-state index in [1.807, 2.05) is 31.2 Å². The van der Waals surface area contributed by atoms with Gasteiger partial charge in [0.15, 0.2) is 11.5 Å². The highest BCUT2D eigenvalue weighted by Gasteiger charge is 2.14. The summed E-state index contributed by atoms with van der Waals surface area (Å²) in [6.45, 7) is 2.98. The van der Waals surface area contributed by atoms with Gasteiger partial charge in [0.1, 0.15) is 5.75 Å². The van der Waals surface area contributed by atoms with E-state index in [0.717, 1.165) is 11.3 Å². The molecule has 0 fully saturated rings. The van der Waals surface area contributed by atoms with Gasteiger partial charge in [0.05, 0.1) is 13.0 Å². The van der Waals surface area contributed by atoms with Crippen LogP contribution in [0.4, 0.5) is 5.69 Å². The molecule has 1 aliphatic heterocycles. The van der Waals surface area contributed by atoms with Crippen LogP contribution in [0.15, 0.2) is 42.5 Å². The lowest BCUT2D eigenvalue weighted by Crippen LogP contribution is -2.28. The van der Waals surface area contributed by atoms with E-state index in [1.54, 1.807) is 18.2 Å². The highest BCUT2D eigenvalue weighted by Crippen LogP contribution is 2.34. The number of anilines is 1. The Morgan fingerprint density at radius 2 is 1.81 bits per heavy atom. The molecule has 0 aliphatic carbocycles. The summed E-state index contributed by atoms with van der Waals surface area (Å²) in [6.07, 6.45) is 0.444. The number of rotatable bonds is 8. The predicted octanol–water partition coefficient (Wildman–Crippen LogP) is 2.50. The summed E-state index contributed by atoms with van der Waals surface area (Å²) in [5.74, 6) is 1.73. The Balaban J connectivity index is 1.38. The Bertz CT molecular complexity index is 805. The minimum Gasteiger partial charge on any atom is -0.494 e. The maximum absolute atomic E-state index is 12.0. The molecule has 0 radical (unpaired) electrons. The van der Waals surface area contributed by atoms with Crippen molar-refractivity contribution < 1.29 is 23.8 Å². The van der Waals surface area contributed by atoms with E-state index in [1.165, 1.54) is 0 Å². The largest absolute Gasteiger partial charge is 0.494 e. The van der Waals surface area contributed by atoms with Gasteiger partial charge in [-0.25, -0.2) is 0 Å². The van der Waals surface area contributed by atoms with Gasteiger partial charge in [-0.2, -0.15) is 0 Å². The molecule has 0 atom stereocenters. The third-order valence-electron chi connectivity index (χ3n) is 3.93. The summed E-state index contributed by atoms with van der Waals surface area (Å²) < 4.78 is 15.9. The first-order valence-corrected chi connectivity index (χ1v) is 8.82. The van der Waals surface area contributed by atoms with Crippen molar-refractivity contribution in [3.05, 3.63) is 48.0 Å². The zero-order valence-corrected chi connectivity index (χ0v) is 15.1. The molecule has 1 heterocycles. The van der Waals surface area contributed by atoms with Crippen LogP contribution in [-0.2, 0) is 16.0 Å². The van der Waals surface area contributed by atoms with Gasteiger partial charge in [0, 0.05) is 24.7 Å². The van der Waals surface area contributed by atoms with Gasteiger partial charge in [-0.15, -0.1) is 0 Å². The third-order valence-corrected chi connectivity index (χ3v) is 3.93. The van der Waals surface area contributed by atoms with Crippen molar-refractivity contribution in [2.45, 2.75) is 19.8 Å². The Labute approximate surface area is 157 Å². The lowest BCUT2D eigenvalue weighted by Gasteiger charge is -2.08. The molecule has 1 aliphatic rings. The lowest BCUT2D eigenvalue weighted by molar-refractivity contribution is -0.120. The normalized spacial score (nSPS) is 11.7. The number of carbonyl (C=O) groups excluding carboxylic acids is 2. The molecule has 0 bridgehead atoms. The van der Waals surface area contributed by atoms with Gasteiger partial charge in [0.25, 0.3) is 0 Å². The topological polar surface area (TPSA) is 85.9 Å². The van der Waals surface area contributed by atoms with Crippen molar-refractivity contribution >= 4 is 17.5 Å². The van der Waals surface area contributed by atoms with E-state index < -0.39 is 0 Å². The maximum atomic E-state index is 12.0. The summed E-state index contributed by atoms with van der Waals surface area (Å²) in [5.41, 5.74) is 1.52. The molecule has 2 aromatic rings. The minimum atomic E-state index is -0.185. The predicted molar refractivity (Wildman–Crippen MR) is 100 cm³/mol. The Hall–Kier alpha value is -3.22. The zero-order valence-electron chi connectivity index (χ0n) is 15.1. The van der Waals surface area contributed by atoms with E-state index in [2.05, 4.69) is 10.6 Å². The first-order chi connectivity index (χ1) is 13.1. The van der Waals surface area contributed by atoms with Gasteiger partial charge in [0.2, 0.25) is 18.6 Å². The fourth-order valence-corrected chi connectivity index (χ4v) is 2.63. The van der Waals surface area contributed by atoms with Gasteiger partial charge in [-0.1, -0.05) is 12.1 Å². The Morgan fingerprint density at radius 1 is 1.04 bits per heavy atom. The fourth-order valence-electron chi connectivity index (χ4n) is 2.63. The number of benzene rings is 2. The molecular formula is C20H22N2O5. The van der Waals surface area contributed by atoms with Crippen LogP contribution >= 0.6 is 0 Å². The van der Waals surface area contributed by atoms with Crippen LogP contribution < -0.4 is 24.8 Å². The summed E-state index contributed by atoms with van der Waals surface area (Å²) in [7, 11) is 0. The Kier molecular flexibility index (Phi) is 6.14. The summed E-state index contributed by atoms with van der Waals surface area (Å²) >= 11 is 0. The van der Waals surface area contributed by atoms with Gasteiger partial charge in [-0.05, 0) is 36.8 Å². The summed E-state index contributed by atoms with van der Waals surface area (Å²) in [6, 6.07) is 12.6. The van der Waals surface area contributed by atoms with E-state index in [9.17, 15) is 9.59 Å². The smallest absolute Gasteiger partial charge is 0.231 e. The second kappa shape index (κ2) is 8.93. The molecule has 27 heavy (non-hydrogen) atoms. The molecule has 2 aromatic carbocycles. The van der Waals surface area contributed by atoms with E-state index in [0.29, 0.717) is 23.8 Å². The summed E-state index contributed by atoms with van der Waals surface area (Å²) in [5, 5.41) is 5.53. The average Bonchev–Trinajstić information content (AvgIpc) is 3.11. The fraction of sp³-hybridized carbons (Fsp3) is 0.300. The molecule has 2 N–H and O–H groups in total. The van der Waals surface area contributed by atoms with Crippen LogP contribution in [0, 0.1) is 0 Å². The van der Waals surface area contributed by atoms with Crippen molar-refractivity contribution in [2.24, 2.45) is 0 Å². The number of fused-ring (bicyclic) bond motifs is 1. The van der Waals surface area contributed by atoms with Crippen LogP contribution in [0.5, 0.6) is 17.2 Å². The number of hydrogen-bond acceptors (Lipinski definition) is 5. The van der Waals surface area contributed by atoms with Crippen molar-refractivity contribution in [3.63, 3.8) is 0 Å². The molecule has 2 amide bonds. The number of ether oxygens (including phenoxy) is 3. The molecule has 7 heteroatoms. The van der Waals surface area contributed by atoms with Crippen molar-refractivity contribution in [3.8, 4) is 17.2 Å². The number of nitrogens with one attached hydrogen (secondary N) is 2. The minimum absolute atomic E-state index is 0.130. The van der Waals surface area contributed by atoms with Gasteiger partial charge >= 0.3 is 0 Å². The van der Waals surface area contributed by atoms with Crippen LogP contribution in [0.1, 0.15) is 18.9 Å².